The second-order valence-corrected chi connectivity index (χ2v) is 3.63. The topological polar surface area (TPSA) is 81.5 Å². The summed E-state index contributed by atoms with van der Waals surface area (Å²) in [6.45, 7) is 1.59. The minimum absolute atomic E-state index is 0.314. The maximum atomic E-state index is 9.37. The number of aliphatic hydroxyl groups is 1. The number of fused-ring (bicyclic) bond motifs is 1. The van der Waals surface area contributed by atoms with E-state index in [9.17, 15) is 5.11 Å². The Morgan fingerprint density at radius 3 is 2.88 bits per heavy atom. The Balaban J connectivity index is 2.51. The molecule has 5 heteroatoms. The van der Waals surface area contributed by atoms with Gasteiger partial charge < -0.3 is 20.0 Å². The summed E-state index contributed by atoms with van der Waals surface area (Å²) in [6, 6.07) is 4.76. The molecule has 0 spiro atoms. The lowest BCUT2D eigenvalue weighted by atomic mass is 10.2. The SMILES string of the molecule is COc1cccc2oc(C(N)C(C)O)nc12. The van der Waals surface area contributed by atoms with Gasteiger partial charge in [0.05, 0.1) is 13.2 Å². The highest BCUT2D eigenvalue weighted by Crippen LogP contribution is 2.27. The Kier molecular flexibility index (Phi) is 2.80. The van der Waals surface area contributed by atoms with Crippen LogP contribution in [0.2, 0.25) is 0 Å². The van der Waals surface area contributed by atoms with Crippen LogP contribution in [0.1, 0.15) is 18.9 Å². The smallest absolute Gasteiger partial charge is 0.215 e. The van der Waals surface area contributed by atoms with Gasteiger partial charge in [-0.05, 0) is 19.1 Å². The van der Waals surface area contributed by atoms with Gasteiger partial charge in [0.15, 0.2) is 11.1 Å². The largest absolute Gasteiger partial charge is 0.494 e. The van der Waals surface area contributed by atoms with Gasteiger partial charge in [-0.25, -0.2) is 4.98 Å². The number of aromatic nitrogens is 1. The number of hydrogen-bond donors (Lipinski definition) is 2. The van der Waals surface area contributed by atoms with Gasteiger partial charge in [0.2, 0.25) is 5.89 Å². The third-order valence-electron chi connectivity index (χ3n) is 2.42. The van der Waals surface area contributed by atoms with Crippen LogP contribution in [0, 0.1) is 0 Å². The number of nitrogens with two attached hydrogens (primary N) is 1. The molecule has 5 nitrogen and oxygen atoms in total. The third kappa shape index (κ3) is 1.75. The molecule has 0 fully saturated rings. The van der Waals surface area contributed by atoms with Crippen molar-refractivity contribution in [2.24, 2.45) is 5.73 Å². The first kappa shape index (κ1) is 10.9. The second kappa shape index (κ2) is 4.11. The van der Waals surface area contributed by atoms with E-state index in [-0.39, 0.29) is 0 Å². The number of oxazole rings is 1. The minimum Gasteiger partial charge on any atom is -0.494 e. The summed E-state index contributed by atoms with van der Waals surface area (Å²) in [4.78, 5) is 4.23. The maximum absolute atomic E-state index is 9.37. The predicted molar refractivity (Wildman–Crippen MR) is 59.2 cm³/mol. The number of nitrogens with zero attached hydrogens (tertiary/aromatic N) is 1. The van der Waals surface area contributed by atoms with E-state index in [0.29, 0.717) is 22.7 Å². The van der Waals surface area contributed by atoms with Crippen LogP contribution in [-0.2, 0) is 0 Å². The van der Waals surface area contributed by atoms with E-state index < -0.39 is 12.1 Å². The van der Waals surface area contributed by atoms with Crippen molar-refractivity contribution in [2.75, 3.05) is 7.11 Å². The van der Waals surface area contributed by atoms with E-state index >= 15 is 0 Å². The summed E-state index contributed by atoms with van der Waals surface area (Å²) in [5, 5.41) is 9.37. The predicted octanol–water partition coefficient (Wildman–Crippen LogP) is 1.22. The monoisotopic (exact) mass is 222 g/mol. The van der Waals surface area contributed by atoms with Crippen molar-refractivity contribution in [3.63, 3.8) is 0 Å². The van der Waals surface area contributed by atoms with Crippen molar-refractivity contribution in [1.82, 2.24) is 4.98 Å². The lowest BCUT2D eigenvalue weighted by molar-refractivity contribution is 0.152. The first-order valence-electron chi connectivity index (χ1n) is 5.00. The Hall–Kier alpha value is -1.59. The number of rotatable bonds is 3. The molecule has 0 bridgehead atoms. The molecule has 0 aliphatic rings. The van der Waals surface area contributed by atoms with Crippen LogP contribution in [0.5, 0.6) is 5.75 Å². The van der Waals surface area contributed by atoms with Crippen LogP contribution >= 0.6 is 0 Å². The summed E-state index contributed by atoms with van der Waals surface area (Å²) < 4.78 is 10.6. The van der Waals surface area contributed by atoms with E-state index in [1.54, 1.807) is 26.2 Å². The molecule has 2 atom stereocenters. The number of ether oxygens (including phenoxy) is 1. The van der Waals surface area contributed by atoms with Crippen LogP contribution in [0.4, 0.5) is 0 Å². The zero-order valence-electron chi connectivity index (χ0n) is 9.18. The molecule has 1 aromatic heterocycles. The van der Waals surface area contributed by atoms with Crippen molar-refractivity contribution in [1.29, 1.82) is 0 Å². The normalized spacial score (nSPS) is 15.0. The van der Waals surface area contributed by atoms with E-state index in [2.05, 4.69) is 4.98 Å². The van der Waals surface area contributed by atoms with E-state index in [4.69, 9.17) is 14.9 Å². The molecule has 0 radical (unpaired) electrons. The fourth-order valence-corrected chi connectivity index (χ4v) is 1.45. The van der Waals surface area contributed by atoms with Crippen molar-refractivity contribution >= 4 is 11.1 Å². The highest BCUT2D eigenvalue weighted by molar-refractivity contribution is 5.79. The maximum Gasteiger partial charge on any atom is 0.215 e. The second-order valence-electron chi connectivity index (χ2n) is 3.63. The first-order chi connectivity index (χ1) is 7.63. The number of para-hydroxylation sites is 1. The molecule has 2 rings (SSSR count). The van der Waals surface area contributed by atoms with Crippen LogP contribution in [0.25, 0.3) is 11.1 Å². The minimum atomic E-state index is -0.709. The van der Waals surface area contributed by atoms with Gasteiger partial charge in [-0.2, -0.15) is 0 Å². The molecule has 0 aliphatic carbocycles. The summed E-state index contributed by atoms with van der Waals surface area (Å²) in [5.41, 5.74) is 6.97. The third-order valence-corrected chi connectivity index (χ3v) is 2.42. The number of aliphatic hydroxyl groups excluding tert-OH is 1. The molecule has 1 heterocycles. The molecule has 86 valence electrons. The van der Waals surface area contributed by atoms with E-state index in [0.717, 1.165) is 0 Å². The van der Waals surface area contributed by atoms with Gasteiger partial charge in [-0.15, -0.1) is 0 Å². The quantitative estimate of drug-likeness (QED) is 0.815. The summed E-state index contributed by atoms with van der Waals surface area (Å²) in [5.74, 6) is 0.944. The van der Waals surface area contributed by atoms with Crippen LogP contribution < -0.4 is 10.5 Å². The van der Waals surface area contributed by atoms with Crippen LogP contribution in [-0.4, -0.2) is 23.3 Å². The molecule has 2 unspecified atom stereocenters. The van der Waals surface area contributed by atoms with Gasteiger partial charge in [0.1, 0.15) is 11.8 Å². The van der Waals surface area contributed by atoms with Crippen LogP contribution in [0.3, 0.4) is 0 Å². The molecule has 0 saturated carbocycles. The molecule has 2 aromatic rings. The van der Waals surface area contributed by atoms with Gasteiger partial charge in [0, 0.05) is 0 Å². The zero-order chi connectivity index (χ0) is 11.7. The van der Waals surface area contributed by atoms with Crippen molar-refractivity contribution < 1.29 is 14.3 Å². The highest BCUT2D eigenvalue weighted by atomic mass is 16.5. The summed E-state index contributed by atoms with van der Waals surface area (Å²) >= 11 is 0. The molecule has 16 heavy (non-hydrogen) atoms. The first-order valence-corrected chi connectivity index (χ1v) is 5.00. The average Bonchev–Trinajstić information content (AvgIpc) is 2.70. The Labute approximate surface area is 92.8 Å². The Morgan fingerprint density at radius 1 is 1.50 bits per heavy atom. The molecule has 0 saturated heterocycles. The van der Waals surface area contributed by atoms with Crippen molar-refractivity contribution in [3.05, 3.63) is 24.1 Å². The van der Waals surface area contributed by atoms with Gasteiger partial charge in [-0.3, -0.25) is 0 Å². The molecular formula is C11H14N2O3. The Morgan fingerprint density at radius 2 is 2.25 bits per heavy atom. The summed E-state index contributed by atoms with van der Waals surface area (Å²) in [6.07, 6.45) is -0.709. The van der Waals surface area contributed by atoms with Crippen molar-refractivity contribution in [3.8, 4) is 5.75 Å². The zero-order valence-corrected chi connectivity index (χ0v) is 9.18. The number of benzene rings is 1. The average molecular weight is 222 g/mol. The molecule has 0 aliphatic heterocycles. The van der Waals surface area contributed by atoms with Crippen LogP contribution in [0.15, 0.2) is 22.6 Å². The highest BCUT2D eigenvalue weighted by Gasteiger charge is 2.19. The van der Waals surface area contributed by atoms with Crippen molar-refractivity contribution in [2.45, 2.75) is 19.1 Å². The fraction of sp³-hybridized carbons (Fsp3) is 0.364. The number of hydrogen-bond acceptors (Lipinski definition) is 5. The molecule has 0 amide bonds. The number of methoxy groups -OCH3 is 1. The van der Waals surface area contributed by atoms with E-state index in [1.807, 2.05) is 6.07 Å². The standard InChI is InChI=1S/C11H14N2O3/c1-6(14)9(12)11-13-10-7(15-2)4-3-5-8(10)16-11/h3-6,9,14H,12H2,1-2H3. The fourth-order valence-electron chi connectivity index (χ4n) is 1.45. The van der Waals surface area contributed by atoms with Gasteiger partial charge in [-0.1, -0.05) is 6.07 Å². The molecule has 3 N–H and O–H groups in total. The van der Waals surface area contributed by atoms with Gasteiger partial charge >= 0.3 is 0 Å². The lowest BCUT2D eigenvalue weighted by Crippen LogP contribution is -2.23. The molecular weight excluding hydrogens is 208 g/mol. The summed E-state index contributed by atoms with van der Waals surface area (Å²) in [7, 11) is 1.57. The Bertz CT molecular complexity index is 493. The lowest BCUT2D eigenvalue weighted by Gasteiger charge is -2.09. The van der Waals surface area contributed by atoms with E-state index in [1.165, 1.54) is 0 Å². The molecule has 1 aromatic carbocycles. The van der Waals surface area contributed by atoms with Gasteiger partial charge in [0.25, 0.3) is 0 Å².